The van der Waals surface area contributed by atoms with Crippen LogP contribution in [0.3, 0.4) is 0 Å². The van der Waals surface area contributed by atoms with Gasteiger partial charge in [0.25, 0.3) is 0 Å². The number of aromatic nitrogens is 2. The van der Waals surface area contributed by atoms with Crippen LogP contribution in [0.2, 0.25) is 0 Å². The molecule has 1 aliphatic heterocycles. The summed E-state index contributed by atoms with van der Waals surface area (Å²) in [6.07, 6.45) is 11.5. The molecule has 1 aromatic heterocycles. The van der Waals surface area contributed by atoms with Gasteiger partial charge in [-0.05, 0) is 56.2 Å². The maximum Gasteiger partial charge on any atom is 0.221 e. The topological polar surface area (TPSA) is 56.1 Å². The number of nitrogens with zero attached hydrogens (tertiary/aromatic N) is 2. The van der Waals surface area contributed by atoms with Gasteiger partial charge in [0.15, 0.2) is 0 Å². The summed E-state index contributed by atoms with van der Waals surface area (Å²) in [5.74, 6) is 1.40. The number of carbonyl (C=O) groups is 1. The first kappa shape index (κ1) is 18.9. The van der Waals surface area contributed by atoms with Gasteiger partial charge in [0.1, 0.15) is 12.4 Å². The summed E-state index contributed by atoms with van der Waals surface area (Å²) in [6, 6.07) is 7.99. The third kappa shape index (κ3) is 3.72. The minimum atomic E-state index is -0.0857. The molecule has 1 N–H and O–H groups in total. The number of fused-ring (bicyclic) bond motifs is 2. The molecule has 3 aliphatic rings. The van der Waals surface area contributed by atoms with Gasteiger partial charge in [0.2, 0.25) is 5.91 Å². The first-order chi connectivity index (χ1) is 14.6. The summed E-state index contributed by atoms with van der Waals surface area (Å²) >= 11 is 0. The Morgan fingerprint density at radius 1 is 1.27 bits per heavy atom. The van der Waals surface area contributed by atoms with Crippen LogP contribution >= 0.6 is 0 Å². The van der Waals surface area contributed by atoms with E-state index in [1.807, 2.05) is 18.2 Å². The van der Waals surface area contributed by atoms with Crippen LogP contribution in [0.1, 0.15) is 56.5 Å². The van der Waals surface area contributed by atoms with Gasteiger partial charge >= 0.3 is 0 Å². The molecule has 5 heteroatoms. The fraction of sp³-hybridized carbons (Fsp3) is 0.360. The summed E-state index contributed by atoms with van der Waals surface area (Å²) < 4.78 is 8.15. The molecular weight excluding hydrogens is 374 g/mol. The number of allylic oxidation sites excluding steroid dienone is 6. The molecule has 0 spiro atoms. The number of nitrogens with one attached hydrogen (secondary N) is 1. The van der Waals surface area contributed by atoms with Crippen molar-refractivity contribution in [3.63, 3.8) is 0 Å². The maximum absolute atomic E-state index is 11.3. The largest absolute Gasteiger partial charge is 0.487 e. The maximum atomic E-state index is 11.3. The Balaban J connectivity index is 1.48. The fourth-order valence-corrected chi connectivity index (χ4v) is 4.43. The van der Waals surface area contributed by atoms with E-state index in [1.54, 1.807) is 0 Å². The van der Waals surface area contributed by atoms with Crippen LogP contribution < -0.4 is 10.1 Å². The number of hydrogen-bond donors (Lipinski definition) is 1. The summed E-state index contributed by atoms with van der Waals surface area (Å²) in [5, 5.41) is 7.82. The normalized spacial score (nSPS) is 23.6. The van der Waals surface area contributed by atoms with Crippen molar-refractivity contribution in [2.45, 2.75) is 52.7 Å². The van der Waals surface area contributed by atoms with E-state index in [0.717, 1.165) is 41.2 Å². The molecule has 2 heterocycles. The molecule has 1 fully saturated rings. The van der Waals surface area contributed by atoms with Crippen LogP contribution in [0.15, 0.2) is 53.6 Å². The third-order valence-electron chi connectivity index (χ3n) is 6.04. The van der Waals surface area contributed by atoms with E-state index in [2.05, 4.69) is 41.2 Å². The number of benzene rings is 1. The van der Waals surface area contributed by atoms with Crippen molar-refractivity contribution in [2.24, 2.45) is 5.92 Å². The lowest BCUT2D eigenvalue weighted by atomic mass is 9.90. The zero-order valence-electron chi connectivity index (χ0n) is 17.6. The summed E-state index contributed by atoms with van der Waals surface area (Å²) in [7, 11) is 0. The smallest absolute Gasteiger partial charge is 0.221 e. The quantitative estimate of drug-likeness (QED) is 0.765. The van der Waals surface area contributed by atoms with E-state index in [-0.39, 0.29) is 5.91 Å². The molecule has 1 aromatic carbocycles. The van der Waals surface area contributed by atoms with E-state index >= 15 is 0 Å². The molecule has 154 valence electrons. The molecule has 30 heavy (non-hydrogen) atoms. The molecule has 1 saturated carbocycles. The highest BCUT2D eigenvalue weighted by Crippen LogP contribution is 2.46. The molecule has 5 rings (SSSR count). The average Bonchev–Trinajstić information content (AvgIpc) is 3.47. The van der Waals surface area contributed by atoms with Gasteiger partial charge in [-0.3, -0.25) is 9.48 Å². The van der Waals surface area contributed by atoms with Gasteiger partial charge < -0.3 is 10.1 Å². The molecule has 5 nitrogen and oxygen atoms in total. The van der Waals surface area contributed by atoms with E-state index < -0.39 is 0 Å². The zero-order chi connectivity index (χ0) is 20.7. The highest BCUT2D eigenvalue weighted by Gasteiger charge is 2.31. The van der Waals surface area contributed by atoms with E-state index in [9.17, 15) is 4.79 Å². The number of hydrogen-bond acceptors (Lipinski definition) is 3. The van der Waals surface area contributed by atoms with Crippen molar-refractivity contribution in [3.05, 3.63) is 70.6 Å². The molecule has 2 aliphatic carbocycles. The lowest BCUT2D eigenvalue weighted by molar-refractivity contribution is -0.114. The second kappa shape index (κ2) is 7.63. The van der Waals surface area contributed by atoms with Gasteiger partial charge in [0, 0.05) is 29.8 Å². The van der Waals surface area contributed by atoms with Crippen molar-refractivity contribution in [1.82, 2.24) is 9.78 Å². The second-order valence-electron chi connectivity index (χ2n) is 8.49. The van der Waals surface area contributed by atoms with Crippen LogP contribution in [-0.4, -0.2) is 15.7 Å². The molecule has 2 aromatic rings. The Hall–Kier alpha value is -3.08. The summed E-state index contributed by atoms with van der Waals surface area (Å²) in [5.41, 5.74) is 8.22. The van der Waals surface area contributed by atoms with E-state index in [0.29, 0.717) is 19.1 Å². The first-order valence-electron chi connectivity index (χ1n) is 10.8. The first-order valence-corrected chi connectivity index (χ1v) is 10.8. The van der Waals surface area contributed by atoms with Crippen LogP contribution in [0.5, 0.6) is 5.75 Å². The monoisotopic (exact) mass is 401 g/mol. The Morgan fingerprint density at radius 3 is 2.93 bits per heavy atom. The van der Waals surface area contributed by atoms with E-state index in [1.165, 1.54) is 36.5 Å². The molecule has 1 amide bonds. The number of anilines is 1. The Bertz CT molecular complexity index is 1100. The highest BCUT2D eigenvalue weighted by atomic mass is 16.5. The van der Waals surface area contributed by atoms with Crippen LogP contribution in [0, 0.1) is 5.92 Å². The zero-order valence-corrected chi connectivity index (χ0v) is 17.6. The highest BCUT2D eigenvalue weighted by molar-refractivity contribution is 5.89. The van der Waals surface area contributed by atoms with Crippen LogP contribution in [-0.2, 0) is 17.9 Å². The van der Waals surface area contributed by atoms with Gasteiger partial charge in [0.05, 0.1) is 17.9 Å². The lowest BCUT2D eigenvalue weighted by Crippen LogP contribution is -2.07. The van der Waals surface area contributed by atoms with Gasteiger partial charge in [-0.1, -0.05) is 29.9 Å². The summed E-state index contributed by atoms with van der Waals surface area (Å²) in [4.78, 5) is 11.3. The molecule has 0 bridgehead atoms. The molecule has 0 saturated heterocycles. The molecule has 0 atom stereocenters. The van der Waals surface area contributed by atoms with Crippen LogP contribution in [0.4, 0.5) is 5.69 Å². The number of ether oxygens (including phenoxy) is 1. The predicted octanol–water partition coefficient (Wildman–Crippen LogP) is 5.24. The number of amides is 1. The molecular formula is C25H27N3O2. The standard InChI is InChI=1S/C25H27N3O2/c1-16-6-4-3-5-7-22(25(16)18-8-9-18)23-13-21-15-30-24-12-20(26-17(2)29)11-10-19(24)14-28(21)27-23/h3,5,7,10-13,18H,4,6,8-9,14-15H2,1-2H3,(H,26,29)/b5-3-,22-7-,25-16+. The van der Waals surface area contributed by atoms with Crippen molar-refractivity contribution in [3.8, 4) is 5.75 Å². The van der Waals surface area contributed by atoms with Gasteiger partial charge in [-0.25, -0.2) is 0 Å². The average molecular weight is 402 g/mol. The molecule has 0 unspecified atom stereocenters. The Labute approximate surface area is 177 Å². The number of carbonyl (C=O) groups excluding carboxylic acids is 1. The number of rotatable bonds is 3. The Morgan fingerprint density at radius 2 is 2.13 bits per heavy atom. The minimum absolute atomic E-state index is 0.0857. The summed E-state index contributed by atoms with van der Waals surface area (Å²) in [6.45, 7) is 4.92. The second-order valence-corrected chi connectivity index (χ2v) is 8.49. The van der Waals surface area contributed by atoms with Crippen molar-refractivity contribution in [2.75, 3.05) is 5.32 Å². The third-order valence-corrected chi connectivity index (χ3v) is 6.04. The Kier molecular flexibility index (Phi) is 4.81. The van der Waals surface area contributed by atoms with Gasteiger partial charge in [-0.15, -0.1) is 0 Å². The van der Waals surface area contributed by atoms with Crippen molar-refractivity contribution in [1.29, 1.82) is 0 Å². The van der Waals surface area contributed by atoms with Crippen molar-refractivity contribution >= 4 is 17.2 Å². The van der Waals surface area contributed by atoms with Gasteiger partial charge in [-0.2, -0.15) is 5.10 Å². The van der Waals surface area contributed by atoms with Crippen LogP contribution in [0.25, 0.3) is 5.57 Å². The predicted molar refractivity (Wildman–Crippen MR) is 118 cm³/mol. The lowest BCUT2D eigenvalue weighted by Gasteiger charge is -2.16. The minimum Gasteiger partial charge on any atom is -0.487 e. The fourth-order valence-electron chi connectivity index (χ4n) is 4.43. The van der Waals surface area contributed by atoms with Crippen molar-refractivity contribution < 1.29 is 9.53 Å². The SMILES string of the molecule is CC(=O)Nc1ccc2c(c1)OCc1cc(C3=C/C=C\CC\C(C)=C\3C3CC3)nn1C2. The molecule has 0 radical (unpaired) electrons. The van der Waals surface area contributed by atoms with E-state index in [4.69, 9.17) is 9.84 Å².